The molecule has 1 N–H and O–H groups in total. The molecule has 80 valence electrons. The van der Waals surface area contributed by atoms with Crippen LogP contribution in [0.15, 0.2) is 29.6 Å². The van der Waals surface area contributed by atoms with Gasteiger partial charge in [0.05, 0.1) is 5.69 Å². The molecule has 0 aliphatic heterocycles. The van der Waals surface area contributed by atoms with Crippen molar-refractivity contribution in [2.45, 2.75) is 19.6 Å². The van der Waals surface area contributed by atoms with Crippen LogP contribution in [0.25, 0.3) is 10.1 Å². The lowest BCUT2D eigenvalue weighted by molar-refractivity contribution is 0.402. The largest absolute Gasteiger partial charge is 0.323 e. The van der Waals surface area contributed by atoms with E-state index in [2.05, 4.69) is 54.8 Å². The summed E-state index contributed by atoms with van der Waals surface area (Å²) in [5.41, 5.74) is 4.16. The minimum Gasteiger partial charge on any atom is -0.323 e. The fourth-order valence-electron chi connectivity index (χ4n) is 1.26. The molecule has 0 radical (unpaired) electrons. The third-order valence-corrected chi connectivity index (χ3v) is 3.63. The van der Waals surface area contributed by atoms with E-state index in [1.165, 1.54) is 10.1 Å². The van der Waals surface area contributed by atoms with Gasteiger partial charge >= 0.3 is 0 Å². The molecule has 0 atom stereocenters. The van der Waals surface area contributed by atoms with Crippen LogP contribution in [0.2, 0.25) is 19.6 Å². The molecule has 0 bridgehead atoms. The number of hydrogen-bond acceptors (Lipinski definition) is 3. The van der Waals surface area contributed by atoms with Crippen molar-refractivity contribution in [3.05, 3.63) is 29.6 Å². The Balaban J connectivity index is 2.22. The fraction of sp³-hybridized carbons (Fsp3) is 0.273. The zero-order chi connectivity index (χ0) is 10.9. The summed E-state index contributed by atoms with van der Waals surface area (Å²) in [6, 6.07) is 8.35. The van der Waals surface area contributed by atoms with Crippen molar-refractivity contribution in [2.75, 3.05) is 5.48 Å². The van der Waals surface area contributed by atoms with E-state index in [0.29, 0.717) is 0 Å². The molecule has 0 saturated heterocycles. The van der Waals surface area contributed by atoms with Gasteiger partial charge in [-0.3, -0.25) is 5.48 Å². The molecule has 0 unspecified atom stereocenters. The van der Waals surface area contributed by atoms with Gasteiger partial charge in [-0.15, -0.1) is 11.3 Å². The summed E-state index contributed by atoms with van der Waals surface area (Å²) >= 11 is 1.74. The molecule has 1 aromatic carbocycles. The van der Waals surface area contributed by atoms with Gasteiger partial charge in [0.1, 0.15) is 0 Å². The predicted octanol–water partition coefficient (Wildman–Crippen LogP) is 4.08. The van der Waals surface area contributed by atoms with Crippen molar-refractivity contribution in [1.82, 2.24) is 0 Å². The lowest BCUT2D eigenvalue weighted by Crippen LogP contribution is -2.28. The minimum absolute atomic E-state index is 1.08. The summed E-state index contributed by atoms with van der Waals surface area (Å²) in [6.45, 7) is 6.48. The summed E-state index contributed by atoms with van der Waals surface area (Å²) in [4.78, 5) is 0. The maximum atomic E-state index is 5.68. The molecular weight excluding hydrogens is 222 g/mol. The molecule has 2 nitrogen and oxygen atoms in total. The van der Waals surface area contributed by atoms with Gasteiger partial charge in [0.25, 0.3) is 0 Å². The van der Waals surface area contributed by atoms with Gasteiger partial charge in [-0.25, -0.2) is 0 Å². The first-order valence-electron chi connectivity index (χ1n) is 4.96. The SMILES string of the molecule is C[Si](C)(C)ONc1csc2ccccc12. The Hall–Kier alpha value is -0.843. The first-order chi connectivity index (χ1) is 7.06. The normalized spacial score (nSPS) is 11.9. The Morgan fingerprint density at radius 2 is 1.93 bits per heavy atom. The first-order valence-corrected chi connectivity index (χ1v) is 9.25. The number of thiophene rings is 1. The summed E-state index contributed by atoms with van der Waals surface area (Å²) in [7, 11) is -1.51. The van der Waals surface area contributed by atoms with Gasteiger partial charge in [0.2, 0.25) is 8.32 Å². The summed E-state index contributed by atoms with van der Waals surface area (Å²) in [5.74, 6) is 0. The second-order valence-electron chi connectivity index (χ2n) is 4.46. The van der Waals surface area contributed by atoms with Crippen molar-refractivity contribution in [3.63, 3.8) is 0 Å². The van der Waals surface area contributed by atoms with E-state index in [4.69, 9.17) is 4.53 Å². The fourth-order valence-corrected chi connectivity index (χ4v) is 2.56. The monoisotopic (exact) mass is 237 g/mol. The van der Waals surface area contributed by atoms with Gasteiger partial charge < -0.3 is 4.53 Å². The second-order valence-corrected chi connectivity index (χ2v) is 9.80. The van der Waals surface area contributed by atoms with Gasteiger partial charge in [0, 0.05) is 15.5 Å². The van der Waals surface area contributed by atoms with Crippen LogP contribution in [0.1, 0.15) is 0 Å². The Kier molecular flexibility index (Phi) is 2.82. The Morgan fingerprint density at radius 3 is 2.67 bits per heavy atom. The topological polar surface area (TPSA) is 21.3 Å². The molecule has 0 amide bonds. The maximum Gasteiger partial charge on any atom is 0.220 e. The molecule has 1 heterocycles. The molecule has 0 spiro atoms. The third-order valence-electron chi connectivity index (χ3n) is 1.95. The van der Waals surface area contributed by atoms with E-state index >= 15 is 0 Å². The van der Waals surface area contributed by atoms with Crippen molar-refractivity contribution < 1.29 is 4.53 Å². The standard InChI is InChI=1S/C11H15NOSSi/c1-15(2,3)13-12-10-8-14-11-7-5-4-6-9(10)11/h4-8,12H,1-3H3. The number of nitrogens with one attached hydrogen (secondary N) is 1. The van der Waals surface area contributed by atoms with Crippen LogP contribution in [0.4, 0.5) is 5.69 Å². The lowest BCUT2D eigenvalue weighted by Gasteiger charge is -2.17. The third kappa shape index (κ3) is 2.59. The number of fused-ring (bicyclic) bond motifs is 1. The lowest BCUT2D eigenvalue weighted by atomic mass is 10.2. The van der Waals surface area contributed by atoms with E-state index in [1.54, 1.807) is 11.3 Å². The van der Waals surface area contributed by atoms with Gasteiger partial charge in [-0.05, 0) is 25.7 Å². The molecular formula is C11H15NOSSi. The Bertz CT molecular complexity index is 461. The maximum absolute atomic E-state index is 5.68. The molecule has 2 rings (SSSR count). The average molecular weight is 237 g/mol. The molecule has 0 fully saturated rings. The van der Waals surface area contributed by atoms with Crippen LogP contribution < -0.4 is 5.48 Å². The summed E-state index contributed by atoms with van der Waals surface area (Å²) in [6.07, 6.45) is 0. The predicted molar refractivity (Wildman–Crippen MR) is 69.9 cm³/mol. The highest BCUT2D eigenvalue weighted by molar-refractivity contribution is 7.17. The first kappa shape index (κ1) is 10.7. The van der Waals surface area contributed by atoms with Crippen LogP contribution in [-0.2, 0) is 4.53 Å². The Labute approximate surface area is 95.0 Å². The average Bonchev–Trinajstić information content (AvgIpc) is 2.57. The van der Waals surface area contributed by atoms with Crippen molar-refractivity contribution in [1.29, 1.82) is 0 Å². The number of hydrogen-bond donors (Lipinski definition) is 1. The molecule has 0 aliphatic rings. The zero-order valence-electron chi connectivity index (χ0n) is 9.20. The molecule has 0 aliphatic carbocycles. The zero-order valence-corrected chi connectivity index (χ0v) is 11.0. The van der Waals surface area contributed by atoms with E-state index in [9.17, 15) is 0 Å². The Morgan fingerprint density at radius 1 is 1.20 bits per heavy atom. The van der Waals surface area contributed by atoms with Crippen LogP contribution in [0.3, 0.4) is 0 Å². The van der Waals surface area contributed by atoms with Gasteiger partial charge in [0.15, 0.2) is 0 Å². The summed E-state index contributed by atoms with van der Waals surface area (Å²) < 4.78 is 6.97. The summed E-state index contributed by atoms with van der Waals surface area (Å²) in [5, 5.41) is 3.34. The smallest absolute Gasteiger partial charge is 0.220 e. The van der Waals surface area contributed by atoms with Crippen molar-refractivity contribution in [3.8, 4) is 0 Å². The van der Waals surface area contributed by atoms with Crippen LogP contribution >= 0.6 is 11.3 Å². The van der Waals surface area contributed by atoms with E-state index in [1.807, 2.05) is 0 Å². The molecule has 15 heavy (non-hydrogen) atoms. The molecule has 0 saturated carbocycles. The highest BCUT2D eigenvalue weighted by Gasteiger charge is 2.15. The molecule has 1 aromatic heterocycles. The highest BCUT2D eigenvalue weighted by atomic mass is 32.1. The van der Waals surface area contributed by atoms with Crippen molar-refractivity contribution in [2.24, 2.45) is 0 Å². The van der Waals surface area contributed by atoms with Crippen LogP contribution in [0.5, 0.6) is 0 Å². The van der Waals surface area contributed by atoms with E-state index in [-0.39, 0.29) is 0 Å². The van der Waals surface area contributed by atoms with Gasteiger partial charge in [-0.2, -0.15) is 0 Å². The number of benzene rings is 1. The second kappa shape index (κ2) is 3.96. The quantitative estimate of drug-likeness (QED) is 0.641. The molecule has 2 aromatic rings. The number of rotatable bonds is 3. The van der Waals surface area contributed by atoms with Crippen LogP contribution in [0, 0.1) is 0 Å². The van der Waals surface area contributed by atoms with Crippen molar-refractivity contribution >= 4 is 35.4 Å². The van der Waals surface area contributed by atoms with Crippen LogP contribution in [-0.4, -0.2) is 8.32 Å². The molecule has 4 heteroatoms. The highest BCUT2D eigenvalue weighted by Crippen LogP contribution is 2.30. The number of anilines is 1. The minimum atomic E-state index is -1.51. The van der Waals surface area contributed by atoms with Gasteiger partial charge in [-0.1, -0.05) is 18.2 Å². The van der Waals surface area contributed by atoms with E-state index in [0.717, 1.165) is 5.69 Å². The van der Waals surface area contributed by atoms with E-state index < -0.39 is 8.32 Å².